The molecule has 0 unspecified atom stereocenters. The van der Waals surface area contributed by atoms with Gasteiger partial charge in [0, 0.05) is 39.3 Å². The van der Waals surface area contributed by atoms with E-state index in [1.165, 1.54) is 0 Å². The summed E-state index contributed by atoms with van der Waals surface area (Å²) < 4.78 is 0. The zero-order valence-corrected chi connectivity index (χ0v) is 30.7. The van der Waals surface area contributed by atoms with E-state index in [9.17, 15) is 39.6 Å². The summed E-state index contributed by atoms with van der Waals surface area (Å²) >= 11 is 0. The van der Waals surface area contributed by atoms with Crippen molar-refractivity contribution in [2.75, 3.05) is 39.3 Å². The van der Waals surface area contributed by atoms with Crippen molar-refractivity contribution >= 4 is 133 Å². The van der Waals surface area contributed by atoms with Crippen molar-refractivity contribution in [2.24, 2.45) is 0 Å². The van der Waals surface area contributed by atoms with Crippen molar-refractivity contribution in [1.82, 2.24) is 9.80 Å². The van der Waals surface area contributed by atoms with E-state index < -0.39 is 50.1 Å². The maximum atomic E-state index is 10.4. The number of rotatable bonds is 11. The second-order valence-electron chi connectivity index (χ2n) is 3.91. The first-order chi connectivity index (χ1) is 9.20. The van der Waals surface area contributed by atoms with Gasteiger partial charge in [-0.05, 0) is 0 Å². The molecule has 0 spiro atoms. The fourth-order valence-corrected chi connectivity index (χ4v) is 1.44. The van der Waals surface area contributed by atoms with Gasteiger partial charge in [0.2, 0.25) is 0 Å². The van der Waals surface area contributed by atoms with Gasteiger partial charge in [-0.25, -0.2) is 0 Å². The molecule has 0 aromatic carbocycles. The Hall–Kier alpha value is 1.49. The third-order valence-corrected chi connectivity index (χ3v) is 2.14. The molecule has 0 saturated heterocycles. The van der Waals surface area contributed by atoms with Crippen molar-refractivity contribution in [3.8, 4) is 0 Å². The van der Waals surface area contributed by atoms with Gasteiger partial charge in [-0.1, -0.05) is 0 Å². The van der Waals surface area contributed by atoms with Crippen LogP contribution < -0.4 is 20.4 Å². The molecule has 0 atom stereocenters. The molecule has 0 aromatic rings. The molecule has 122 valence electrons. The third kappa shape index (κ3) is 23.5. The number of nitrogens with zero attached hydrogens (tertiary/aromatic N) is 2. The quantitative estimate of drug-likeness (QED) is 0.182. The molecule has 0 amide bonds. The predicted octanol–water partition coefficient (Wildman–Crippen LogP) is -8.93. The second kappa shape index (κ2) is 20.8. The van der Waals surface area contributed by atoms with Gasteiger partial charge in [-0.2, -0.15) is 0 Å². The van der Waals surface area contributed by atoms with Crippen LogP contribution in [0.1, 0.15) is 0 Å². The minimum atomic E-state index is -1.53. The van der Waals surface area contributed by atoms with Gasteiger partial charge in [-0.15, -0.1) is 0 Å². The summed E-state index contributed by atoms with van der Waals surface area (Å²) in [5.74, 6) is -6.12. The molecule has 0 aliphatic carbocycles. The number of carboxylic acid groups (broad SMARTS) is 4. The normalized spacial score (nSPS) is 8.92. The van der Waals surface area contributed by atoms with Crippen LogP contribution in [-0.4, -0.2) is 182 Å². The van der Waals surface area contributed by atoms with E-state index in [4.69, 9.17) is 0 Å². The number of carbonyl (C=O) groups excluding carboxylic acids is 4. The summed E-state index contributed by atoms with van der Waals surface area (Å²) in [4.78, 5) is 43.4. The van der Waals surface area contributed by atoms with E-state index in [0.717, 1.165) is 9.80 Å². The standard InChI is InChI=1S/C10H16N2O8.4Tl/c13-7(14)3-11(4-8(15)16)1-2-12(5-9(17)18)6-10(19)20;;;;/h1-6H2,(H,13,14)(H,15,16)(H,17,18)(H,19,20);;;;/q;4*+1/p-4. The number of carbonyl (C=O) groups is 4. The van der Waals surface area contributed by atoms with E-state index in [-0.39, 0.29) is 122 Å². The van der Waals surface area contributed by atoms with Crippen LogP contribution in [0.2, 0.25) is 0 Å². The van der Waals surface area contributed by atoms with Crippen LogP contribution in [0.3, 0.4) is 0 Å². The van der Waals surface area contributed by atoms with E-state index in [1.807, 2.05) is 0 Å². The van der Waals surface area contributed by atoms with E-state index in [2.05, 4.69) is 0 Å². The molecule has 0 aliphatic heterocycles. The molecule has 0 aliphatic rings. The molecule has 24 heavy (non-hydrogen) atoms. The van der Waals surface area contributed by atoms with Crippen molar-refractivity contribution in [2.45, 2.75) is 0 Å². The van der Waals surface area contributed by atoms with Crippen molar-refractivity contribution in [3.05, 3.63) is 0 Å². The average Bonchev–Trinajstić information content (AvgIpc) is 2.22. The number of aliphatic carboxylic acids is 4. The van der Waals surface area contributed by atoms with Crippen LogP contribution in [0.5, 0.6) is 0 Å². The third-order valence-electron chi connectivity index (χ3n) is 2.14. The number of hydrogen-bond acceptors (Lipinski definition) is 10. The molecule has 14 heteroatoms. The van der Waals surface area contributed by atoms with Crippen LogP contribution >= 0.6 is 0 Å². The van der Waals surface area contributed by atoms with Crippen molar-refractivity contribution in [3.63, 3.8) is 0 Å². The van der Waals surface area contributed by atoms with E-state index in [0.29, 0.717) is 0 Å². The van der Waals surface area contributed by atoms with Gasteiger partial charge in [0.15, 0.2) is 0 Å². The number of carboxylic acids is 4. The summed E-state index contributed by atoms with van der Waals surface area (Å²) in [6, 6.07) is 0. The Labute approximate surface area is 218 Å². The monoisotopic (exact) mass is 1110 g/mol. The van der Waals surface area contributed by atoms with Gasteiger partial charge in [-0.3, -0.25) is 9.80 Å². The van der Waals surface area contributed by atoms with E-state index >= 15 is 0 Å². The zero-order valence-electron chi connectivity index (χ0n) is 12.7. The smallest absolute Gasteiger partial charge is 0.549 e. The molecule has 0 bridgehead atoms. The van der Waals surface area contributed by atoms with Gasteiger partial charge in [0.25, 0.3) is 0 Å². The minimum Gasteiger partial charge on any atom is -0.549 e. The molecule has 0 rings (SSSR count). The molecule has 0 saturated carbocycles. The summed E-state index contributed by atoms with van der Waals surface area (Å²) in [6.45, 7) is -3.25. The van der Waals surface area contributed by atoms with Crippen molar-refractivity contribution < 1.29 is 39.6 Å². The Morgan fingerprint density at radius 2 is 0.667 bits per heavy atom. The Morgan fingerprint density at radius 1 is 0.500 bits per heavy atom. The zero-order chi connectivity index (χ0) is 15.7. The molecule has 0 N–H and O–H groups in total. The molecule has 0 radical (unpaired) electrons. The topological polar surface area (TPSA) is 167 Å². The molecule has 0 heterocycles. The Bertz CT molecular complexity index is 331. The predicted molar refractivity (Wildman–Crippen MR) is 75.9 cm³/mol. The molecular formula is C10H12N2O8Tl4. The molecule has 0 fully saturated rings. The fraction of sp³-hybridized carbons (Fsp3) is 0.600. The summed E-state index contributed by atoms with van der Waals surface area (Å²) in [6.07, 6.45) is 0. The second-order valence-corrected chi connectivity index (χ2v) is 3.91. The Morgan fingerprint density at radius 3 is 0.792 bits per heavy atom. The average molecular weight is 1110 g/mol. The fourth-order valence-electron chi connectivity index (χ4n) is 1.44. The maximum absolute atomic E-state index is 10.4. The van der Waals surface area contributed by atoms with Crippen LogP contribution in [0.25, 0.3) is 0 Å². The molecule has 10 nitrogen and oxygen atoms in total. The molecule has 0 aromatic heterocycles. The van der Waals surface area contributed by atoms with Gasteiger partial charge in [0.05, 0.1) is 23.9 Å². The molecular weight excluding hydrogens is 1090 g/mol. The van der Waals surface area contributed by atoms with E-state index in [1.54, 1.807) is 0 Å². The van der Waals surface area contributed by atoms with Crippen molar-refractivity contribution in [1.29, 1.82) is 0 Å². The van der Waals surface area contributed by atoms with Gasteiger partial charge >= 0.3 is 109 Å². The first-order valence-electron chi connectivity index (χ1n) is 5.44. The van der Waals surface area contributed by atoms with Crippen LogP contribution in [0.4, 0.5) is 0 Å². The maximum Gasteiger partial charge on any atom is 1.00 e. The first-order valence-corrected chi connectivity index (χ1v) is 5.44. The van der Waals surface area contributed by atoms with Gasteiger partial charge in [0.1, 0.15) is 0 Å². The first kappa shape index (κ1) is 36.4. The van der Waals surface area contributed by atoms with Crippen LogP contribution in [0, 0.1) is 0 Å². The summed E-state index contributed by atoms with van der Waals surface area (Å²) in [7, 11) is 0. The SMILES string of the molecule is O=C([O-])CN(CCN(CC(=O)[O-])CC(=O)[O-])CC(=O)[O-].[Tl+].[Tl+].[Tl+].[Tl+]. The van der Waals surface area contributed by atoms with Gasteiger partial charge < -0.3 is 39.6 Å². The Kier molecular flexibility index (Phi) is 31.6. The van der Waals surface area contributed by atoms with Crippen LogP contribution in [0.15, 0.2) is 0 Å². The van der Waals surface area contributed by atoms with Crippen LogP contribution in [-0.2, 0) is 19.2 Å². The minimum absolute atomic E-state index is 0. The number of hydrogen-bond donors (Lipinski definition) is 0. The largest absolute Gasteiger partial charge is 1.00 e. The Balaban J connectivity index is -0.000000301. The summed E-state index contributed by atoms with van der Waals surface area (Å²) in [5, 5.41) is 41.6. The summed E-state index contributed by atoms with van der Waals surface area (Å²) in [5.41, 5.74) is 0.